The van der Waals surface area contributed by atoms with Crippen molar-refractivity contribution in [3.05, 3.63) is 34.8 Å². The Morgan fingerprint density at radius 1 is 1.03 bits per heavy atom. The average molecular weight is 472 g/mol. The van der Waals surface area contributed by atoms with Crippen LogP contribution in [0.15, 0.2) is 23.6 Å². The lowest BCUT2D eigenvalue weighted by atomic mass is 10.1. The number of primary amides is 1. The molecule has 0 bridgehead atoms. The fourth-order valence-electron chi connectivity index (χ4n) is 4.23. The van der Waals surface area contributed by atoms with Crippen molar-refractivity contribution >= 4 is 29.1 Å². The molecule has 0 aliphatic carbocycles. The lowest BCUT2D eigenvalue weighted by Crippen LogP contribution is -2.51. The van der Waals surface area contributed by atoms with E-state index in [-0.39, 0.29) is 18.2 Å². The van der Waals surface area contributed by atoms with Gasteiger partial charge in [-0.25, -0.2) is 4.98 Å². The maximum absolute atomic E-state index is 12.8. The molecule has 2 aliphatic heterocycles. The van der Waals surface area contributed by atoms with Gasteiger partial charge in [-0.1, -0.05) is 0 Å². The highest BCUT2D eigenvalue weighted by Crippen LogP contribution is 2.30. The van der Waals surface area contributed by atoms with E-state index >= 15 is 0 Å². The molecule has 176 valence electrons. The van der Waals surface area contributed by atoms with Crippen molar-refractivity contribution in [1.29, 1.82) is 0 Å². The zero-order chi connectivity index (χ0) is 23.4. The SMILES string of the molecule is COc1ccc(C(N)=O)c(-c2nc(CC(=O)N3CCN(CC(=O)N4CCCC4)CC3)cs2)c1. The summed E-state index contributed by atoms with van der Waals surface area (Å²) in [5, 5.41) is 2.46. The van der Waals surface area contributed by atoms with Crippen LogP contribution < -0.4 is 10.5 Å². The number of ether oxygens (including phenoxy) is 1. The molecule has 2 fully saturated rings. The molecular formula is C23H29N5O4S. The summed E-state index contributed by atoms with van der Waals surface area (Å²) in [5.41, 5.74) is 7.13. The van der Waals surface area contributed by atoms with E-state index in [9.17, 15) is 14.4 Å². The maximum Gasteiger partial charge on any atom is 0.249 e. The number of thiazole rings is 1. The first-order valence-corrected chi connectivity index (χ1v) is 12.0. The quantitative estimate of drug-likeness (QED) is 0.651. The van der Waals surface area contributed by atoms with Gasteiger partial charge in [0.25, 0.3) is 0 Å². The molecule has 3 amide bonds. The fraction of sp³-hybridized carbons (Fsp3) is 0.478. The molecule has 3 heterocycles. The molecule has 2 aliphatic rings. The van der Waals surface area contributed by atoms with Gasteiger partial charge in [0.05, 0.1) is 25.8 Å². The van der Waals surface area contributed by atoms with Gasteiger partial charge in [0.1, 0.15) is 10.8 Å². The number of aromatic nitrogens is 1. The standard InChI is InChI=1S/C23H29N5O4S/c1-32-17-4-5-18(22(24)31)19(13-17)23-25-16(15-33-23)12-20(29)28-10-8-26(9-11-28)14-21(30)27-6-2-3-7-27/h4-5,13,15H,2-3,6-12,14H2,1H3,(H2,24,31). The predicted molar refractivity (Wildman–Crippen MR) is 125 cm³/mol. The van der Waals surface area contributed by atoms with E-state index in [2.05, 4.69) is 9.88 Å². The van der Waals surface area contributed by atoms with E-state index < -0.39 is 5.91 Å². The third-order valence-corrected chi connectivity index (χ3v) is 7.07. The molecule has 10 heteroatoms. The normalized spacial score (nSPS) is 16.8. The summed E-state index contributed by atoms with van der Waals surface area (Å²) in [4.78, 5) is 47.5. The van der Waals surface area contributed by atoms with E-state index in [1.807, 2.05) is 15.2 Å². The van der Waals surface area contributed by atoms with Crippen molar-refractivity contribution in [2.45, 2.75) is 19.3 Å². The number of nitrogens with two attached hydrogens (primary N) is 1. The summed E-state index contributed by atoms with van der Waals surface area (Å²) in [6.07, 6.45) is 2.38. The monoisotopic (exact) mass is 471 g/mol. The second-order valence-corrected chi connectivity index (χ2v) is 9.20. The Labute approximate surface area is 197 Å². The number of nitrogens with zero attached hydrogens (tertiary/aromatic N) is 4. The Kier molecular flexibility index (Phi) is 7.24. The number of carbonyl (C=O) groups excluding carboxylic acids is 3. The molecule has 0 unspecified atom stereocenters. The molecule has 1 aromatic heterocycles. The molecule has 0 spiro atoms. The first-order chi connectivity index (χ1) is 15.9. The summed E-state index contributed by atoms with van der Waals surface area (Å²) in [6.45, 7) is 4.75. The van der Waals surface area contributed by atoms with E-state index in [1.165, 1.54) is 11.3 Å². The second kappa shape index (κ2) is 10.3. The van der Waals surface area contributed by atoms with Gasteiger partial charge in [-0.05, 0) is 31.0 Å². The van der Waals surface area contributed by atoms with Crippen LogP contribution in [0.1, 0.15) is 28.9 Å². The Balaban J connectivity index is 1.33. The van der Waals surface area contributed by atoms with Gasteiger partial charge >= 0.3 is 0 Å². The first kappa shape index (κ1) is 23.2. The van der Waals surface area contributed by atoms with Crippen LogP contribution in [0.2, 0.25) is 0 Å². The highest BCUT2D eigenvalue weighted by molar-refractivity contribution is 7.13. The number of hydrogen-bond donors (Lipinski definition) is 1. The Morgan fingerprint density at radius 2 is 1.73 bits per heavy atom. The van der Waals surface area contributed by atoms with Crippen LogP contribution in [0.3, 0.4) is 0 Å². The van der Waals surface area contributed by atoms with Crippen LogP contribution in [0.5, 0.6) is 5.75 Å². The molecule has 1 aromatic carbocycles. The zero-order valence-corrected chi connectivity index (χ0v) is 19.6. The van der Waals surface area contributed by atoms with E-state index in [4.69, 9.17) is 10.5 Å². The second-order valence-electron chi connectivity index (χ2n) is 8.34. The van der Waals surface area contributed by atoms with Crippen LogP contribution >= 0.6 is 11.3 Å². The summed E-state index contributed by atoms with van der Waals surface area (Å²) < 4.78 is 5.26. The number of carbonyl (C=O) groups is 3. The van der Waals surface area contributed by atoms with Gasteiger partial charge < -0.3 is 20.3 Å². The van der Waals surface area contributed by atoms with Crippen LogP contribution in [0.4, 0.5) is 0 Å². The van der Waals surface area contributed by atoms with Gasteiger partial charge in [-0.2, -0.15) is 0 Å². The topological polar surface area (TPSA) is 109 Å². The number of methoxy groups -OCH3 is 1. The number of benzene rings is 1. The molecule has 2 N–H and O–H groups in total. The van der Waals surface area contributed by atoms with Crippen molar-refractivity contribution in [2.75, 3.05) is 52.9 Å². The average Bonchev–Trinajstić information content (AvgIpc) is 3.51. The largest absolute Gasteiger partial charge is 0.497 e. The third-order valence-electron chi connectivity index (χ3n) is 6.15. The van der Waals surface area contributed by atoms with Crippen molar-refractivity contribution in [3.8, 4) is 16.3 Å². The van der Waals surface area contributed by atoms with E-state index in [1.54, 1.807) is 25.3 Å². The summed E-state index contributed by atoms with van der Waals surface area (Å²) in [7, 11) is 1.55. The predicted octanol–water partition coefficient (Wildman–Crippen LogP) is 1.23. The first-order valence-electron chi connectivity index (χ1n) is 11.1. The summed E-state index contributed by atoms with van der Waals surface area (Å²) >= 11 is 1.37. The Morgan fingerprint density at radius 3 is 2.39 bits per heavy atom. The smallest absolute Gasteiger partial charge is 0.249 e. The molecule has 2 aromatic rings. The van der Waals surface area contributed by atoms with E-state index in [0.717, 1.165) is 25.9 Å². The number of likely N-dealkylation sites (tertiary alicyclic amines) is 1. The highest BCUT2D eigenvalue weighted by atomic mass is 32.1. The van der Waals surface area contributed by atoms with Gasteiger partial charge in [0.15, 0.2) is 0 Å². The number of rotatable bonds is 7. The molecule has 33 heavy (non-hydrogen) atoms. The van der Waals surface area contributed by atoms with Crippen molar-refractivity contribution in [2.24, 2.45) is 5.73 Å². The van der Waals surface area contributed by atoms with E-state index in [0.29, 0.717) is 60.3 Å². The molecule has 0 saturated carbocycles. The minimum Gasteiger partial charge on any atom is -0.497 e. The van der Waals surface area contributed by atoms with Crippen LogP contribution in [0, 0.1) is 0 Å². The van der Waals surface area contributed by atoms with Crippen LogP contribution in [-0.4, -0.2) is 90.3 Å². The van der Waals surface area contributed by atoms with Crippen molar-refractivity contribution in [3.63, 3.8) is 0 Å². The minimum absolute atomic E-state index is 0.0122. The third kappa shape index (κ3) is 5.51. The minimum atomic E-state index is -0.540. The molecule has 9 nitrogen and oxygen atoms in total. The van der Waals surface area contributed by atoms with Gasteiger partial charge in [0.2, 0.25) is 17.7 Å². The van der Waals surface area contributed by atoms with Gasteiger partial charge in [-0.15, -0.1) is 11.3 Å². The zero-order valence-electron chi connectivity index (χ0n) is 18.8. The van der Waals surface area contributed by atoms with Crippen LogP contribution in [-0.2, 0) is 16.0 Å². The van der Waals surface area contributed by atoms with Gasteiger partial charge in [0, 0.05) is 55.8 Å². The lowest BCUT2D eigenvalue weighted by molar-refractivity contribution is -0.134. The Bertz CT molecular complexity index is 1030. The maximum atomic E-state index is 12.8. The molecule has 0 radical (unpaired) electrons. The van der Waals surface area contributed by atoms with Crippen molar-refractivity contribution in [1.82, 2.24) is 19.7 Å². The number of amides is 3. The fourth-order valence-corrected chi connectivity index (χ4v) is 5.08. The molecular weight excluding hydrogens is 442 g/mol. The molecule has 2 saturated heterocycles. The lowest BCUT2D eigenvalue weighted by Gasteiger charge is -2.35. The number of piperazine rings is 1. The summed E-state index contributed by atoms with van der Waals surface area (Å²) in [6, 6.07) is 5.03. The number of hydrogen-bond acceptors (Lipinski definition) is 7. The molecule has 0 atom stereocenters. The highest BCUT2D eigenvalue weighted by Gasteiger charge is 2.26. The Hall–Kier alpha value is -2.98. The summed E-state index contributed by atoms with van der Waals surface area (Å²) in [5.74, 6) is 0.263. The van der Waals surface area contributed by atoms with Crippen molar-refractivity contribution < 1.29 is 19.1 Å². The van der Waals surface area contributed by atoms with Gasteiger partial charge in [-0.3, -0.25) is 19.3 Å². The molecule has 4 rings (SSSR count). The van der Waals surface area contributed by atoms with Crippen LogP contribution in [0.25, 0.3) is 10.6 Å².